The van der Waals surface area contributed by atoms with Crippen LogP contribution in [0.5, 0.6) is 0 Å². The Hall–Kier alpha value is -0.0900. The van der Waals surface area contributed by atoms with Gasteiger partial charge in [0.15, 0.2) is 0 Å². The fourth-order valence-electron chi connectivity index (χ4n) is 0.584. The van der Waals surface area contributed by atoms with E-state index in [1.165, 1.54) is 10.6 Å². The Kier molecular flexibility index (Phi) is 3.31. The minimum absolute atomic E-state index is 0.106. The monoisotopic (exact) mass is 165 g/mol. The lowest BCUT2D eigenvalue weighted by molar-refractivity contribution is 0.384. The molecule has 0 saturated heterocycles. The predicted octanol–water partition coefficient (Wildman–Crippen LogP) is 0.676. The van der Waals surface area contributed by atoms with Crippen LogP contribution in [0.25, 0.3) is 0 Å². The van der Waals surface area contributed by atoms with E-state index in [1.54, 1.807) is 7.05 Å². The van der Waals surface area contributed by atoms with Crippen molar-refractivity contribution < 1.29 is 8.42 Å². The van der Waals surface area contributed by atoms with E-state index < -0.39 is 10.0 Å². The molecule has 62 valence electrons. The van der Waals surface area contributed by atoms with E-state index in [2.05, 4.69) is 0 Å². The molecule has 0 aliphatic rings. The zero-order valence-electron chi connectivity index (χ0n) is 6.96. The van der Waals surface area contributed by atoms with E-state index in [1.807, 2.05) is 13.8 Å². The van der Waals surface area contributed by atoms with Gasteiger partial charge in [0.05, 0.1) is 6.26 Å². The zero-order valence-corrected chi connectivity index (χ0v) is 7.77. The maximum Gasteiger partial charge on any atom is 0.211 e. The lowest BCUT2D eigenvalue weighted by atomic mass is 10.3. The lowest BCUT2D eigenvalue weighted by Gasteiger charge is -2.20. The molecule has 0 saturated carbocycles. The number of sulfonamides is 1. The number of hydrogen-bond acceptors (Lipinski definition) is 2. The van der Waals surface area contributed by atoms with Crippen LogP contribution in [-0.4, -0.2) is 32.1 Å². The van der Waals surface area contributed by atoms with Gasteiger partial charge in [-0.05, 0) is 13.3 Å². The van der Waals surface area contributed by atoms with Crippen LogP contribution in [0.1, 0.15) is 20.3 Å². The summed E-state index contributed by atoms with van der Waals surface area (Å²) in [6.45, 7) is 3.85. The van der Waals surface area contributed by atoms with Crippen LogP contribution >= 0.6 is 0 Å². The largest absolute Gasteiger partial charge is 0.213 e. The van der Waals surface area contributed by atoms with Crippen molar-refractivity contribution in [2.75, 3.05) is 13.3 Å². The van der Waals surface area contributed by atoms with Gasteiger partial charge in [0.25, 0.3) is 0 Å². The van der Waals surface area contributed by atoms with Crippen molar-refractivity contribution in [2.45, 2.75) is 26.3 Å². The predicted molar refractivity (Wildman–Crippen MR) is 42.4 cm³/mol. The van der Waals surface area contributed by atoms with Crippen molar-refractivity contribution in [3.05, 3.63) is 0 Å². The van der Waals surface area contributed by atoms with Crippen molar-refractivity contribution in [2.24, 2.45) is 0 Å². The first-order chi connectivity index (χ1) is 4.39. The van der Waals surface area contributed by atoms with Gasteiger partial charge < -0.3 is 0 Å². The van der Waals surface area contributed by atoms with Crippen molar-refractivity contribution in [1.82, 2.24) is 4.31 Å². The van der Waals surface area contributed by atoms with Gasteiger partial charge in [-0.25, -0.2) is 12.7 Å². The highest BCUT2D eigenvalue weighted by Crippen LogP contribution is 2.03. The van der Waals surface area contributed by atoms with Gasteiger partial charge in [-0.3, -0.25) is 0 Å². The molecular weight excluding hydrogens is 150 g/mol. The Morgan fingerprint density at radius 2 is 1.90 bits per heavy atom. The van der Waals surface area contributed by atoms with Crippen molar-refractivity contribution in [1.29, 1.82) is 0 Å². The molecule has 0 aromatic rings. The molecule has 0 bridgehead atoms. The summed E-state index contributed by atoms with van der Waals surface area (Å²) in [7, 11) is -1.38. The summed E-state index contributed by atoms with van der Waals surface area (Å²) in [6.07, 6.45) is 2.07. The Labute approximate surface area is 63.1 Å². The molecule has 10 heavy (non-hydrogen) atoms. The van der Waals surface area contributed by atoms with E-state index in [4.69, 9.17) is 0 Å². The van der Waals surface area contributed by atoms with Crippen LogP contribution in [0.4, 0.5) is 0 Å². The fourth-order valence-corrected chi connectivity index (χ4v) is 1.39. The summed E-state index contributed by atoms with van der Waals surface area (Å²) in [4.78, 5) is 0. The molecule has 1 unspecified atom stereocenters. The molecule has 4 heteroatoms. The Bertz CT molecular complexity index is 186. The van der Waals surface area contributed by atoms with Crippen LogP contribution in [-0.2, 0) is 10.0 Å². The average molecular weight is 165 g/mol. The molecule has 0 amide bonds. The second kappa shape index (κ2) is 3.34. The number of hydrogen-bond donors (Lipinski definition) is 0. The molecule has 0 spiro atoms. The fraction of sp³-hybridized carbons (Fsp3) is 1.00. The molecule has 0 radical (unpaired) electrons. The second-order valence-electron chi connectivity index (χ2n) is 2.54. The van der Waals surface area contributed by atoms with E-state index >= 15 is 0 Å². The molecule has 0 fully saturated rings. The minimum atomic E-state index is -2.98. The maximum atomic E-state index is 10.9. The Balaban J connectivity index is 4.23. The number of nitrogens with zero attached hydrogens (tertiary/aromatic N) is 1. The SMILES string of the molecule is CCC(C)N(C)S(C)(=O)=O. The third kappa shape index (κ3) is 2.66. The van der Waals surface area contributed by atoms with Crippen molar-refractivity contribution in [3.63, 3.8) is 0 Å². The molecule has 1 atom stereocenters. The molecule has 0 rings (SSSR count). The molecule has 0 aliphatic carbocycles. The van der Waals surface area contributed by atoms with Crippen LogP contribution in [0, 0.1) is 0 Å². The van der Waals surface area contributed by atoms with Gasteiger partial charge in [0.2, 0.25) is 10.0 Å². The standard InChI is InChI=1S/C6H15NO2S/c1-5-6(2)7(3)10(4,8)9/h6H,5H2,1-4H3. The molecule has 3 nitrogen and oxygen atoms in total. The molecule has 0 heterocycles. The summed E-state index contributed by atoms with van der Waals surface area (Å²) in [6, 6.07) is 0.106. The number of rotatable bonds is 3. The molecule has 0 aliphatic heterocycles. The summed E-state index contributed by atoms with van der Waals surface area (Å²) < 4.78 is 23.1. The normalized spacial score (nSPS) is 15.7. The van der Waals surface area contributed by atoms with Gasteiger partial charge in [-0.2, -0.15) is 0 Å². The van der Waals surface area contributed by atoms with E-state index in [9.17, 15) is 8.42 Å². The van der Waals surface area contributed by atoms with Gasteiger partial charge in [-0.15, -0.1) is 0 Å². The highest BCUT2D eigenvalue weighted by Gasteiger charge is 2.15. The lowest BCUT2D eigenvalue weighted by Crippen LogP contribution is -2.33. The summed E-state index contributed by atoms with van der Waals surface area (Å²) in [5.74, 6) is 0. The quantitative estimate of drug-likeness (QED) is 0.616. The third-order valence-electron chi connectivity index (χ3n) is 1.73. The third-order valence-corrected chi connectivity index (χ3v) is 3.14. The first-order valence-corrected chi connectivity index (χ1v) is 5.17. The molecular formula is C6H15NO2S. The highest BCUT2D eigenvalue weighted by molar-refractivity contribution is 7.88. The van der Waals surface area contributed by atoms with E-state index in [-0.39, 0.29) is 6.04 Å². The van der Waals surface area contributed by atoms with Crippen LogP contribution in [0.3, 0.4) is 0 Å². The maximum absolute atomic E-state index is 10.9. The van der Waals surface area contributed by atoms with Crippen molar-refractivity contribution in [3.8, 4) is 0 Å². The minimum Gasteiger partial charge on any atom is -0.213 e. The van der Waals surface area contributed by atoms with E-state index in [0.29, 0.717) is 0 Å². The van der Waals surface area contributed by atoms with Gasteiger partial charge in [0, 0.05) is 13.1 Å². The molecule has 0 aromatic carbocycles. The van der Waals surface area contributed by atoms with Gasteiger partial charge in [-0.1, -0.05) is 6.92 Å². The van der Waals surface area contributed by atoms with Crippen molar-refractivity contribution >= 4 is 10.0 Å². The van der Waals surface area contributed by atoms with Crippen LogP contribution in [0.2, 0.25) is 0 Å². The smallest absolute Gasteiger partial charge is 0.211 e. The topological polar surface area (TPSA) is 37.4 Å². The Morgan fingerprint density at radius 3 is 2.00 bits per heavy atom. The van der Waals surface area contributed by atoms with Gasteiger partial charge in [0.1, 0.15) is 0 Å². The molecule has 0 N–H and O–H groups in total. The van der Waals surface area contributed by atoms with E-state index in [0.717, 1.165) is 6.42 Å². The summed E-state index contributed by atoms with van der Waals surface area (Å²) in [5, 5.41) is 0. The molecule has 0 aromatic heterocycles. The Morgan fingerprint density at radius 1 is 1.50 bits per heavy atom. The van der Waals surface area contributed by atoms with Gasteiger partial charge >= 0.3 is 0 Å². The highest BCUT2D eigenvalue weighted by atomic mass is 32.2. The van der Waals surface area contributed by atoms with Crippen LogP contribution in [0.15, 0.2) is 0 Å². The first kappa shape index (κ1) is 9.91. The first-order valence-electron chi connectivity index (χ1n) is 3.32. The second-order valence-corrected chi connectivity index (χ2v) is 4.58. The zero-order chi connectivity index (χ0) is 8.36. The average Bonchev–Trinajstić information content (AvgIpc) is 1.83. The summed E-state index contributed by atoms with van der Waals surface area (Å²) >= 11 is 0. The van der Waals surface area contributed by atoms with Crippen LogP contribution < -0.4 is 0 Å². The summed E-state index contributed by atoms with van der Waals surface area (Å²) in [5.41, 5.74) is 0.